The number of benzene rings is 2. The monoisotopic (exact) mass is 317 g/mol. The Morgan fingerprint density at radius 1 is 1.00 bits per heavy atom. The number of rotatable bonds is 2. The highest BCUT2D eigenvalue weighted by atomic mass is 35.5. The van der Waals surface area contributed by atoms with Crippen LogP contribution < -0.4 is 0 Å². The number of nitrogens with zero attached hydrogens (tertiary/aromatic N) is 1. The predicted octanol–water partition coefficient (Wildman–Crippen LogP) is 4.34. The Labute approximate surface area is 131 Å². The molecule has 2 aromatic carbocycles. The maximum atomic E-state index is 11.9. The lowest BCUT2D eigenvalue weighted by molar-refractivity contribution is -0.129. The number of hydrogen-bond acceptors (Lipinski definition) is 3. The van der Waals surface area contributed by atoms with Crippen molar-refractivity contribution in [2.24, 2.45) is 4.99 Å². The van der Waals surface area contributed by atoms with Crippen molar-refractivity contribution in [3.63, 3.8) is 0 Å². The minimum atomic E-state index is -0.500. The second-order valence-corrected chi connectivity index (χ2v) is 5.21. The van der Waals surface area contributed by atoms with E-state index in [4.69, 9.17) is 27.9 Å². The summed E-state index contributed by atoms with van der Waals surface area (Å²) in [5, 5.41) is 1.11. The van der Waals surface area contributed by atoms with Gasteiger partial charge in [0, 0.05) is 5.02 Å². The molecule has 0 radical (unpaired) electrons. The molecule has 0 N–H and O–H groups in total. The van der Waals surface area contributed by atoms with Gasteiger partial charge in [0.1, 0.15) is 0 Å². The lowest BCUT2D eigenvalue weighted by Gasteiger charge is -2.00. The summed E-state index contributed by atoms with van der Waals surface area (Å²) in [6, 6.07) is 14.1. The number of cyclic esters (lactones) is 1. The van der Waals surface area contributed by atoms with Gasteiger partial charge in [-0.05, 0) is 35.9 Å². The topological polar surface area (TPSA) is 38.7 Å². The molecule has 0 atom stereocenters. The number of halogens is 2. The van der Waals surface area contributed by atoms with Crippen molar-refractivity contribution >= 4 is 41.1 Å². The van der Waals surface area contributed by atoms with Crippen LogP contribution in [0.4, 0.5) is 0 Å². The molecule has 0 spiro atoms. The van der Waals surface area contributed by atoms with Crippen LogP contribution >= 0.6 is 23.2 Å². The second-order valence-electron chi connectivity index (χ2n) is 4.37. The highest BCUT2D eigenvalue weighted by Gasteiger charge is 2.25. The molecule has 0 aromatic heterocycles. The largest absolute Gasteiger partial charge is 0.402 e. The van der Waals surface area contributed by atoms with Crippen LogP contribution in [0, 0.1) is 0 Å². The molecule has 0 aliphatic carbocycles. The molecule has 1 aliphatic rings. The molecule has 0 unspecified atom stereocenters. The molecule has 5 heteroatoms. The van der Waals surface area contributed by atoms with E-state index in [1.165, 1.54) is 0 Å². The second kappa shape index (κ2) is 5.72. The van der Waals surface area contributed by atoms with E-state index in [1.54, 1.807) is 54.6 Å². The van der Waals surface area contributed by atoms with Gasteiger partial charge in [-0.2, -0.15) is 0 Å². The molecule has 0 saturated heterocycles. The zero-order chi connectivity index (χ0) is 14.8. The maximum absolute atomic E-state index is 11.9. The number of ether oxygens (including phenoxy) is 1. The van der Waals surface area contributed by atoms with Crippen LogP contribution in [0.2, 0.25) is 10.0 Å². The van der Waals surface area contributed by atoms with Crippen LogP contribution in [0.5, 0.6) is 0 Å². The normalized spacial score (nSPS) is 16.0. The van der Waals surface area contributed by atoms with Crippen molar-refractivity contribution < 1.29 is 9.53 Å². The van der Waals surface area contributed by atoms with Gasteiger partial charge in [0.25, 0.3) is 0 Å². The van der Waals surface area contributed by atoms with Crippen molar-refractivity contribution in [2.75, 3.05) is 0 Å². The summed E-state index contributed by atoms with van der Waals surface area (Å²) in [6.45, 7) is 0. The third-order valence-electron chi connectivity index (χ3n) is 2.90. The summed E-state index contributed by atoms with van der Waals surface area (Å²) in [7, 11) is 0. The molecule has 3 nitrogen and oxygen atoms in total. The van der Waals surface area contributed by atoms with Gasteiger partial charge >= 0.3 is 5.97 Å². The van der Waals surface area contributed by atoms with Crippen LogP contribution in [0.25, 0.3) is 6.08 Å². The van der Waals surface area contributed by atoms with Crippen LogP contribution in [0.3, 0.4) is 0 Å². The van der Waals surface area contributed by atoms with Gasteiger partial charge in [-0.1, -0.05) is 47.5 Å². The Hall–Kier alpha value is -2.10. The Kier molecular flexibility index (Phi) is 3.78. The van der Waals surface area contributed by atoms with E-state index in [0.29, 0.717) is 15.6 Å². The molecule has 104 valence electrons. The highest BCUT2D eigenvalue weighted by molar-refractivity contribution is 6.34. The summed E-state index contributed by atoms with van der Waals surface area (Å²) in [6.07, 6.45) is 1.64. The van der Waals surface area contributed by atoms with E-state index in [0.717, 1.165) is 5.56 Å². The van der Waals surface area contributed by atoms with Gasteiger partial charge in [0.15, 0.2) is 5.70 Å². The minimum Gasteiger partial charge on any atom is -0.402 e. The average molecular weight is 318 g/mol. The molecule has 0 saturated carbocycles. The molecule has 1 aliphatic heterocycles. The van der Waals surface area contributed by atoms with Crippen molar-refractivity contribution in [2.45, 2.75) is 0 Å². The number of hydrogen-bond donors (Lipinski definition) is 0. The molecule has 0 bridgehead atoms. The summed E-state index contributed by atoms with van der Waals surface area (Å²) >= 11 is 11.9. The number of carbonyl (C=O) groups is 1. The summed E-state index contributed by atoms with van der Waals surface area (Å²) in [4.78, 5) is 16.1. The van der Waals surface area contributed by atoms with Crippen LogP contribution in [-0.4, -0.2) is 11.9 Å². The molecular formula is C16H9Cl2NO2. The van der Waals surface area contributed by atoms with Gasteiger partial charge in [0.05, 0.1) is 10.6 Å². The van der Waals surface area contributed by atoms with E-state index < -0.39 is 5.97 Å². The molecule has 0 amide bonds. The third kappa shape index (κ3) is 2.99. The van der Waals surface area contributed by atoms with Gasteiger partial charge < -0.3 is 4.74 Å². The summed E-state index contributed by atoms with van der Waals surface area (Å²) in [5.74, 6) is -0.286. The van der Waals surface area contributed by atoms with Crippen LogP contribution in [0.1, 0.15) is 11.1 Å². The van der Waals surface area contributed by atoms with Crippen molar-refractivity contribution in [3.05, 3.63) is 75.4 Å². The van der Waals surface area contributed by atoms with Crippen LogP contribution in [0.15, 0.2) is 59.2 Å². The van der Waals surface area contributed by atoms with Gasteiger partial charge in [-0.15, -0.1) is 0 Å². The molecule has 0 fully saturated rings. The Bertz CT molecular complexity index is 764. The molecule has 3 rings (SSSR count). The average Bonchev–Trinajstić information content (AvgIpc) is 2.83. The molecular weight excluding hydrogens is 309 g/mol. The van der Waals surface area contributed by atoms with Gasteiger partial charge in [-0.3, -0.25) is 0 Å². The van der Waals surface area contributed by atoms with Crippen molar-refractivity contribution in [1.29, 1.82) is 0 Å². The molecule has 2 aromatic rings. The first kappa shape index (κ1) is 13.9. The van der Waals surface area contributed by atoms with E-state index >= 15 is 0 Å². The van der Waals surface area contributed by atoms with E-state index in [2.05, 4.69) is 4.99 Å². The Balaban J connectivity index is 1.96. The molecule has 21 heavy (non-hydrogen) atoms. The number of esters is 1. The Morgan fingerprint density at radius 3 is 2.43 bits per heavy atom. The first-order chi connectivity index (χ1) is 10.1. The summed E-state index contributed by atoms with van der Waals surface area (Å²) < 4.78 is 5.17. The van der Waals surface area contributed by atoms with Gasteiger partial charge in [0.2, 0.25) is 5.90 Å². The quantitative estimate of drug-likeness (QED) is 0.610. The standard InChI is InChI=1S/C16H9Cl2NO2/c17-11-7-5-10(6-8-11)9-14-16(20)21-15(19-14)12-3-1-2-4-13(12)18/h1-9H/b14-9+. The summed E-state index contributed by atoms with van der Waals surface area (Å²) in [5.41, 5.74) is 1.63. The number of carbonyl (C=O) groups excluding carboxylic acids is 1. The zero-order valence-corrected chi connectivity index (χ0v) is 12.2. The number of aliphatic imine (C=N–C) groups is 1. The highest BCUT2D eigenvalue weighted by Crippen LogP contribution is 2.23. The Morgan fingerprint density at radius 2 is 1.71 bits per heavy atom. The lowest BCUT2D eigenvalue weighted by Crippen LogP contribution is -2.05. The van der Waals surface area contributed by atoms with E-state index in [1.807, 2.05) is 0 Å². The van der Waals surface area contributed by atoms with Crippen LogP contribution in [-0.2, 0) is 9.53 Å². The fourth-order valence-electron chi connectivity index (χ4n) is 1.88. The zero-order valence-electron chi connectivity index (χ0n) is 10.7. The third-order valence-corrected chi connectivity index (χ3v) is 3.48. The van der Waals surface area contributed by atoms with E-state index in [-0.39, 0.29) is 11.6 Å². The fraction of sp³-hybridized carbons (Fsp3) is 0. The SMILES string of the molecule is O=C1OC(c2ccccc2Cl)=N/C1=C/c1ccc(Cl)cc1. The minimum absolute atomic E-state index is 0.214. The van der Waals surface area contributed by atoms with Crippen molar-refractivity contribution in [1.82, 2.24) is 0 Å². The molecule has 1 heterocycles. The predicted molar refractivity (Wildman–Crippen MR) is 83.5 cm³/mol. The van der Waals surface area contributed by atoms with Crippen molar-refractivity contribution in [3.8, 4) is 0 Å². The first-order valence-electron chi connectivity index (χ1n) is 6.16. The fourth-order valence-corrected chi connectivity index (χ4v) is 2.22. The smallest absolute Gasteiger partial charge is 0.363 e. The van der Waals surface area contributed by atoms with Gasteiger partial charge in [-0.25, -0.2) is 9.79 Å². The lowest BCUT2D eigenvalue weighted by atomic mass is 10.2. The maximum Gasteiger partial charge on any atom is 0.363 e. The first-order valence-corrected chi connectivity index (χ1v) is 6.92. The van der Waals surface area contributed by atoms with E-state index in [9.17, 15) is 4.79 Å².